The zero-order chi connectivity index (χ0) is 40.2. The number of hydrogen-bond acceptors (Lipinski definition) is 11. The van der Waals surface area contributed by atoms with Crippen LogP contribution in [0.4, 0.5) is 5.95 Å². The van der Waals surface area contributed by atoms with Gasteiger partial charge >= 0.3 is 0 Å². The molecule has 56 heavy (non-hydrogen) atoms. The summed E-state index contributed by atoms with van der Waals surface area (Å²) >= 11 is 0. The van der Waals surface area contributed by atoms with Crippen LogP contribution in [0.25, 0.3) is 11.2 Å². The SMILES string of the molecule is COc1ccc(C(OC[C@H](Cn2cnc3c(=O)[nH]c(N=CN(C)C)nc32)OP(OCCC#N)N(C(C)C)C(C)C)(c2ccccc2)c2ccc(OC)cc2)cc1. The van der Waals surface area contributed by atoms with Gasteiger partial charge in [-0.2, -0.15) is 10.2 Å². The third-order valence-corrected chi connectivity index (χ3v) is 11.0. The predicted molar refractivity (Wildman–Crippen MR) is 218 cm³/mol. The van der Waals surface area contributed by atoms with E-state index in [0.717, 1.165) is 16.7 Å². The average molecular weight is 783 g/mol. The first-order chi connectivity index (χ1) is 27.0. The molecule has 0 amide bonds. The molecular weight excluding hydrogens is 731 g/mol. The van der Waals surface area contributed by atoms with Crippen molar-refractivity contribution in [3.63, 3.8) is 0 Å². The third kappa shape index (κ3) is 9.98. The van der Waals surface area contributed by atoms with Crippen LogP contribution in [-0.2, 0) is 25.9 Å². The number of nitrogens with zero attached hydrogens (tertiary/aromatic N) is 7. The lowest BCUT2D eigenvalue weighted by Crippen LogP contribution is -2.39. The fourth-order valence-corrected chi connectivity index (χ4v) is 8.04. The van der Waals surface area contributed by atoms with Gasteiger partial charge in [0, 0.05) is 26.2 Å². The maximum Gasteiger partial charge on any atom is 0.280 e. The number of aromatic amines is 1. The van der Waals surface area contributed by atoms with Crippen LogP contribution in [0.3, 0.4) is 0 Å². The van der Waals surface area contributed by atoms with Crippen molar-refractivity contribution in [1.82, 2.24) is 29.1 Å². The molecule has 2 heterocycles. The second-order valence-corrected chi connectivity index (χ2v) is 15.2. The maximum absolute atomic E-state index is 13.1. The third-order valence-electron chi connectivity index (χ3n) is 8.83. The first-order valence-electron chi connectivity index (χ1n) is 18.4. The fourth-order valence-electron chi connectivity index (χ4n) is 6.36. The molecule has 5 rings (SSSR count). The minimum absolute atomic E-state index is 0.0475. The predicted octanol–water partition coefficient (Wildman–Crippen LogP) is 7.03. The summed E-state index contributed by atoms with van der Waals surface area (Å²) in [5, 5.41) is 9.40. The van der Waals surface area contributed by atoms with Crippen LogP contribution in [0.5, 0.6) is 11.5 Å². The topological polar surface area (TPSA) is 152 Å². The summed E-state index contributed by atoms with van der Waals surface area (Å²) in [5.41, 5.74) is 1.56. The molecule has 0 bridgehead atoms. The Labute approximate surface area is 329 Å². The molecule has 15 heteroatoms. The van der Waals surface area contributed by atoms with Crippen LogP contribution in [0, 0.1) is 11.3 Å². The number of imidazole rings is 1. The minimum atomic E-state index is -1.71. The number of nitrogens with one attached hydrogen (secondary N) is 1. The molecule has 14 nitrogen and oxygen atoms in total. The lowest BCUT2D eigenvalue weighted by atomic mass is 9.80. The van der Waals surface area contributed by atoms with Gasteiger partial charge in [0.25, 0.3) is 14.1 Å². The van der Waals surface area contributed by atoms with Crippen LogP contribution in [0.1, 0.15) is 50.8 Å². The van der Waals surface area contributed by atoms with E-state index in [4.69, 9.17) is 23.3 Å². The molecule has 0 aliphatic heterocycles. The second kappa shape index (κ2) is 19.6. The fraction of sp³-hybridized carbons (Fsp3) is 0.390. The Balaban J connectivity index is 1.66. The van der Waals surface area contributed by atoms with E-state index in [1.165, 1.54) is 0 Å². The van der Waals surface area contributed by atoms with Gasteiger partial charge in [0.1, 0.15) is 23.2 Å². The van der Waals surface area contributed by atoms with E-state index in [9.17, 15) is 10.1 Å². The zero-order valence-corrected chi connectivity index (χ0v) is 34.1. The summed E-state index contributed by atoms with van der Waals surface area (Å²) in [7, 11) is 5.22. The Hall–Kier alpha value is -5.16. The summed E-state index contributed by atoms with van der Waals surface area (Å²) in [6.07, 6.45) is 2.65. The minimum Gasteiger partial charge on any atom is -0.497 e. The summed E-state index contributed by atoms with van der Waals surface area (Å²) in [6.45, 7) is 8.76. The van der Waals surface area contributed by atoms with E-state index < -0.39 is 25.8 Å². The molecule has 2 atom stereocenters. The molecule has 0 spiro atoms. The van der Waals surface area contributed by atoms with Crippen molar-refractivity contribution in [2.75, 3.05) is 41.5 Å². The Kier molecular flexibility index (Phi) is 14.7. The number of benzene rings is 3. The zero-order valence-electron chi connectivity index (χ0n) is 33.2. The van der Waals surface area contributed by atoms with E-state index in [1.807, 2.05) is 93.0 Å². The molecule has 0 aliphatic carbocycles. The number of rotatable bonds is 20. The number of H-pyrrole nitrogens is 1. The van der Waals surface area contributed by atoms with E-state index >= 15 is 0 Å². The van der Waals surface area contributed by atoms with Gasteiger partial charge in [0.05, 0.1) is 59.1 Å². The van der Waals surface area contributed by atoms with Gasteiger partial charge in [-0.05, 0) is 68.7 Å². The van der Waals surface area contributed by atoms with E-state index in [-0.39, 0.29) is 49.7 Å². The maximum atomic E-state index is 13.1. The molecule has 0 radical (unpaired) electrons. The molecule has 1 N–H and O–H groups in total. The number of aromatic nitrogens is 4. The largest absolute Gasteiger partial charge is 0.497 e. The molecule has 5 aromatic rings. The Morgan fingerprint density at radius 3 is 2.05 bits per heavy atom. The van der Waals surface area contributed by atoms with Crippen molar-refractivity contribution in [2.45, 2.75) is 64.4 Å². The number of fused-ring (bicyclic) bond motifs is 1. The molecule has 0 saturated heterocycles. The van der Waals surface area contributed by atoms with E-state index in [1.54, 1.807) is 36.4 Å². The van der Waals surface area contributed by atoms with Crippen LogP contribution < -0.4 is 15.0 Å². The van der Waals surface area contributed by atoms with Gasteiger partial charge in [-0.25, -0.2) is 14.6 Å². The quantitative estimate of drug-likeness (QED) is 0.0285. The lowest BCUT2D eigenvalue weighted by Gasteiger charge is -2.39. The normalized spacial score (nSPS) is 13.1. The van der Waals surface area contributed by atoms with Crippen molar-refractivity contribution in [3.8, 4) is 17.6 Å². The summed E-state index contributed by atoms with van der Waals surface area (Å²) in [4.78, 5) is 31.0. The standard InChI is InChI=1S/C41H51N8O6P/c1-29(2)49(30(3)4)56(54-24-12-23-42)55-36(25-48-28-43-37-38(48)45-40(46-39(37)50)44-27-47(5)6)26-53-41(31-13-10-9-11-14-31,32-15-19-34(51-7)20-16-32)33-17-21-35(52-8)22-18-33/h9-11,13-22,27-30,36H,12,24-26H2,1-8H3,(H,45,46,50)/t36-,56?/m0/s1. The Morgan fingerprint density at radius 2 is 1.52 bits per heavy atom. The molecule has 0 fully saturated rings. The molecule has 1 unspecified atom stereocenters. The van der Waals surface area contributed by atoms with Gasteiger partial charge in [0.2, 0.25) is 5.95 Å². The highest BCUT2D eigenvalue weighted by Gasteiger charge is 2.40. The number of hydrogen-bond donors (Lipinski definition) is 1. The molecule has 2 aromatic heterocycles. The second-order valence-electron chi connectivity index (χ2n) is 13.8. The number of nitriles is 1. The van der Waals surface area contributed by atoms with Crippen LogP contribution >= 0.6 is 8.53 Å². The number of ether oxygens (including phenoxy) is 3. The van der Waals surface area contributed by atoms with Crippen molar-refractivity contribution < 1.29 is 23.3 Å². The van der Waals surface area contributed by atoms with Crippen LogP contribution in [0.15, 0.2) is 95.0 Å². The summed E-state index contributed by atoms with van der Waals surface area (Å²) < 4.78 is 35.7. The summed E-state index contributed by atoms with van der Waals surface area (Å²) in [6, 6.07) is 27.9. The lowest BCUT2D eigenvalue weighted by molar-refractivity contribution is -0.0381. The molecular formula is C41H51N8O6P. The highest BCUT2D eigenvalue weighted by atomic mass is 31.2. The van der Waals surface area contributed by atoms with Crippen molar-refractivity contribution in [1.29, 1.82) is 5.26 Å². The van der Waals surface area contributed by atoms with Crippen LogP contribution in [-0.4, -0.2) is 95.1 Å². The number of aliphatic imine (C=N–C) groups is 1. The highest BCUT2D eigenvalue weighted by Crippen LogP contribution is 2.48. The Bertz CT molecular complexity index is 2060. The number of methoxy groups -OCH3 is 2. The molecule has 0 saturated carbocycles. The van der Waals surface area contributed by atoms with Gasteiger partial charge in [-0.1, -0.05) is 54.6 Å². The van der Waals surface area contributed by atoms with Gasteiger partial charge in [-0.3, -0.25) is 9.78 Å². The molecule has 3 aromatic carbocycles. The summed E-state index contributed by atoms with van der Waals surface area (Å²) in [5.74, 6) is 1.55. The van der Waals surface area contributed by atoms with Gasteiger partial charge < -0.3 is 32.7 Å². The monoisotopic (exact) mass is 782 g/mol. The average Bonchev–Trinajstić information content (AvgIpc) is 3.60. The first kappa shape index (κ1) is 42.0. The van der Waals surface area contributed by atoms with Crippen LogP contribution in [0.2, 0.25) is 0 Å². The first-order valence-corrected chi connectivity index (χ1v) is 19.5. The van der Waals surface area contributed by atoms with E-state index in [0.29, 0.717) is 17.1 Å². The van der Waals surface area contributed by atoms with Crippen molar-refractivity contribution in [3.05, 3.63) is 112 Å². The Morgan fingerprint density at radius 1 is 0.929 bits per heavy atom. The smallest absolute Gasteiger partial charge is 0.280 e. The van der Waals surface area contributed by atoms with Gasteiger partial charge in [-0.15, -0.1) is 0 Å². The van der Waals surface area contributed by atoms with E-state index in [2.05, 4.69) is 58.4 Å². The molecule has 296 valence electrons. The highest BCUT2D eigenvalue weighted by molar-refractivity contribution is 7.44. The molecule has 0 aliphatic rings. The van der Waals surface area contributed by atoms with Crippen molar-refractivity contribution in [2.24, 2.45) is 4.99 Å². The van der Waals surface area contributed by atoms with Gasteiger partial charge in [0.15, 0.2) is 11.2 Å². The van der Waals surface area contributed by atoms with Crippen molar-refractivity contribution >= 4 is 32.0 Å².